The first-order valence-corrected chi connectivity index (χ1v) is 8.60. The Labute approximate surface area is 140 Å². The topological polar surface area (TPSA) is 21.3 Å². The van der Waals surface area contributed by atoms with Crippen LogP contribution in [0.15, 0.2) is 48.5 Å². The first-order chi connectivity index (χ1) is 11.2. The molecule has 0 radical (unpaired) electrons. The van der Waals surface area contributed by atoms with Gasteiger partial charge in [0.2, 0.25) is 0 Å². The second-order valence-electron chi connectivity index (χ2n) is 6.29. The Morgan fingerprint density at radius 1 is 1.04 bits per heavy atom. The molecule has 0 saturated heterocycles. The van der Waals surface area contributed by atoms with Crippen molar-refractivity contribution < 1.29 is 4.74 Å². The Morgan fingerprint density at radius 2 is 1.78 bits per heavy atom. The fourth-order valence-electron chi connectivity index (χ4n) is 2.98. The summed E-state index contributed by atoms with van der Waals surface area (Å²) in [6.45, 7) is 7.58. The lowest BCUT2D eigenvalue weighted by atomic mass is 9.86. The number of hydrogen-bond donors (Lipinski definition) is 1. The molecule has 0 spiro atoms. The Morgan fingerprint density at radius 3 is 2.39 bits per heavy atom. The molecule has 0 bridgehead atoms. The second kappa shape index (κ2) is 8.73. The fourth-order valence-corrected chi connectivity index (χ4v) is 2.98. The highest BCUT2D eigenvalue weighted by Crippen LogP contribution is 2.35. The Hall–Kier alpha value is -1.80. The maximum atomic E-state index is 5.65. The zero-order valence-electron chi connectivity index (χ0n) is 14.8. The summed E-state index contributed by atoms with van der Waals surface area (Å²) in [6, 6.07) is 17.9. The van der Waals surface area contributed by atoms with Crippen molar-refractivity contribution in [2.24, 2.45) is 0 Å². The lowest BCUT2D eigenvalue weighted by Gasteiger charge is -2.22. The lowest BCUT2D eigenvalue weighted by Crippen LogP contribution is -2.25. The molecule has 2 nitrogen and oxygen atoms in total. The number of rotatable bonds is 8. The summed E-state index contributed by atoms with van der Waals surface area (Å²) in [4.78, 5) is 0. The van der Waals surface area contributed by atoms with Crippen LogP contribution in [-0.2, 0) is 6.42 Å². The molecule has 2 rings (SSSR count). The number of benzene rings is 2. The van der Waals surface area contributed by atoms with Crippen LogP contribution in [0.4, 0.5) is 0 Å². The third kappa shape index (κ3) is 4.84. The molecule has 0 aromatic heterocycles. The molecule has 0 aliphatic carbocycles. The minimum atomic E-state index is 0.351. The Balaban J connectivity index is 2.36. The van der Waals surface area contributed by atoms with Gasteiger partial charge in [0.15, 0.2) is 0 Å². The molecule has 0 unspecified atom stereocenters. The van der Waals surface area contributed by atoms with Gasteiger partial charge in [0.1, 0.15) is 5.75 Å². The summed E-state index contributed by atoms with van der Waals surface area (Å²) in [5.41, 5.74) is 4.01. The molecule has 2 aromatic rings. The van der Waals surface area contributed by atoms with Gasteiger partial charge in [-0.05, 0) is 36.6 Å². The fraction of sp³-hybridized carbons (Fsp3) is 0.429. The average molecular weight is 311 g/mol. The smallest absolute Gasteiger partial charge is 0.122 e. The molecule has 23 heavy (non-hydrogen) atoms. The minimum absolute atomic E-state index is 0.351. The van der Waals surface area contributed by atoms with Crippen LogP contribution < -0.4 is 10.1 Å². The zero-order valence-corrected chi connectivity index (χ0v) is 14.8. The van der Waals surface area contributed by atoms with E-state index in [1.54, 1.807) is 7.11 Å². The third-order valence-electron chi connectivity index (χ3n) is 4.27. The molecule has 0 aliphatic rings. The number of nitrogens with one attached hydrogen (secondary N) is 1. The molecular weight excluding hydrogens is 282 g/mol. The zero-order chi connectivity index (χ0) is 16.7. The van der Waals surface area contributed by atoms with Gasteiger partial charge in [0, 0.05) is 17.5 Å². The van der Waals surface area contributed by atoms with E-state index in [4.69, 9.17) is 4.74 Å². The van der Waals surface area contributed by atoms with E-state index in [0.29, 0.717) is 12.0 Å². The van der Waals surface area contributed by atoms with Gasteiger partial charge < -0.3 is 10.1 Å². The summed E-state index contributed by atoms with van der Waals surface area (Å²) < 4.78 is 5.65. The van der Waals surface area contributed by atoms with E-state index in [-0.39, 0.29) is 0 Å². The maximum absolute atomic E-state index is 5.65. The highest BCUT2D eigenvalue weighted by atomic mass is 16.5. The predicted octanol–water partition coefficient (Wildman–Crippen LogP) is 4.78. The van der Waals surface area contributed by atoms with Gasteiger partial charge in [0.05, 0.1) is 7.11 Å². The summed E-state index contributed by atoms with van der Waals surface area (Å²) in [5.74, 6) is 1.34. The van der Waals surface area contributed by atoms with Crippen molar-refractivity contribution in [3.05, 3.63) is 65.2 Å². The van der Waals surface area contributed by atoms with Crippen LogP contribution in [-0.4, -0.2) is 19.7 Å². The summed E-state index contributed by atoms with van der Waals surface area (Å²) >= 11 is 0. The highest BCUT2D eigenvalue weighted by molar-refractivity contribution is 5.44. The largest absolute Gasteiger partial charge is 0.496 e. The third-order valence-corrected chi connectivity index (χ3v) is 4.27. The Kier molecular flexibility index (Phi) is 6.66. The van der Waals surface area contributed by atoms with Crippen LogP contribution in [0.25, 0.3) is 0 Å². The van der Waals surface area contributed by atoms with Crippen molar-refractivity contribution in [1.29, 1.82) is 0 Å². The van der Waals surface area contributed by atoms with Crippen molar-refractivity contribution in [3.8, 4) is 5.75 Å². The van der Waals surface area contributed by atoms with Crippen molar-refractivity contribution in [2.75, 3.05) is 13.7 Å². The monoisotopic (exact) mass is 311 g/mol. The highest BCUT2D eigenvalue weighted by Gasteiger charge is 2.18. The Bertz CT molecular complexity index is 592. The van der Waals surface area contributed by atoms with E-state index in [1.165, 1.54) is 16.7 Å². The molecule has 0 fully saturated rings. The van der Waals surface area contributed by atoms with Crippen LogP contribution >= 0.6 is 0 Å². The molecule has 2 heteroatoms. The summed E-state index contributed by atoms with van der Waals surface area (Å²) in [5, 5.41) is 3.54. The molecule has 0 amide bonds. The van der Waals surface area contributed by atoms with Crippen LogP contribution in [0, 0.1) is 0 Å². The summed E-state index contributed by atoms with van der Waals surface area (Å²) in [7, 11) is 1.76. The van der Waals surface area contributed by atoms with Crippen LogP contribution in [0.2, 0.25) is 0 Å². The average Bonchev–Trinajstić information content (AvgIpc) is 2.58. The van der Waals surface area contributed by atoms with Crippen molar-refractivity contribution >= 4 is 0 Å². The van der Waals surface area contributed by atoms with E-state index in [9.17, 15) is 0 Å². The number of hydrogen-bond acceptors (Lipinski definition) is 2. The molecule has 124 valence electrons. The maximum Gasteiger partial charge on any atom is 0.122 e. The predicted molar refractivity (Wildman–Crippen MR) is 98.4 cm³/mol. The van der Waals surface area contributed by atoms with Crippen molar-refractivity contribution in [2.45, 2.75) is 45.6 Å². The van der Waals surface area contributed by atoms with E-state index >= 15 is 0 Å². The van der Waals surface area contributed by atoms with E-state index in [0.717, 1.165) is 25.1 Å². The number of methoxy groups -OCH3 is 1. The standard InChI is InChI=1S/C21H29NO/c1-5-17-11-12-21(23-4)20(15-17)19(13-14-22-16(2)3)18-9-7-6-8-10-18/h6-12,15-16,19,22H,5,13-14H2,1-4H3/t19-/m0/s1. The van der Waals surface area contributed by atoms with Crippen molar-refractivity contribution in [3.63, 3.8) is 0 Å². The van der Waals surface area contributed by atoms with Gasteiger partial charge in [-0.15, -0.1) is 0 Å². The number of ether oxygens (including phenoxy) is 1. The van der Waals surface area contributed by atoms with Gasteiger partial charge in [0.25, 0.3) is 0 Å². The molecule has 2 aromatic carbocycles. The van der Waals surface area contributed by atoms with Gasteiger partial charge >= 0.3 is 0 Å². The molecule has 1 N–H and O–H groups in total. The van der Waals surface area contributed by atoms with E-state index < -0.39 is 0 Å². The van der Waals surface area contributed by atoms with Gasteiger partial charge in [-0.1, -0.05) is 63.2 Å². The lowest BCUT2D eigenvalue weighted by molar-refractivity contribution is 0.405. The second-order valence-corrected chi connectivity index (χ2v) is 6.29. The van der Waals surface area contributed by atoms with Gasteiger partial charge in [-0.3, -0.25) is 0 Å². The SMILES string of the molecule is CCc1ccc(OC)c([C@@H](CCNC(C)C)c2ccccc2)c1. The van der Waals surface area contributed by atoms with E-state index in [2.05, 4.69) is 74.6 Å². The van der Waals surface area contributed by atoms with Crippen LogP contribution in [0.5, 0.6) is 5.75 Å². The molecule has 0 saturated carbocycles. The van der Waals surface area contributed by atoms with Crippen molar-refractivity contribution in [1.82, 2.24) is 5.32 Å². The molecule has 0 heterocycles. The quantitative estimate of drug-likeness (QED) is 0.757. The molecule has 0 aliphatic heterocycles. The van der Waals surface area contributed by atoms with Crippen LogP contribution in [0.1, 0.15) is 49.8 Å². The molecule has 1 atom stereocenters. The van der Waals surface area contributed by atoms with Crippen LogP contribution in [0.3, 0.4) is 0 Å². The summed E-state index contributed by atoms with van der Waals surface area (Å²) in [6.07, 6.45) is 2.11. The van der Waals surface area contributed by atoms with Gasteiger partial charge in [-0.25, -0.2) is 0 Å². The van der Waals surface area contributed by atoms with E-state index in [1.807, 2.05) is 0 Å². The normalized spacial score (nSPS) is 12.4. The minimum Gasteiger partial charge on any atom is -0.496 e. The first kappa shape index (κ1) is 17.6. The van der Waals surface area contributed by atoms with Gasteiger partial charge in [-0.2, -0.15) is 0 Å². The number of aryl methyl sites for hydroxylation is 1. The molecular formula is C21H29NO. The first-order valence-electron chi connectivity index (χ1n) is 8.60.